The summed E-state index contributed by atoms with van der Waals surface area (Å²) in [6.07, 6.45) is 0. The van der Waals surface area contributed by atoms with Gasteiger partial charge in [0.15, 0.2) is 0 Å². The summed E-state index contributed by atoms with van der Waals surface area (Å²) in [4.78, 5) is 0. The van der Waals surface area contributed by atoms with Crippen LogP contribution in [0, 0.1) is 0 Å². The normalized spacial score (nSPS) is 18.8. The molecule has 2 rings (SSSR count). The SMILES string of the molecule is COc1ccc(C2(S)COC2)cc1Cl. The molecule has 0 spiro atoms. The molecule has 0 amide bonds. The molecule has 0 aromatic heterocycles. The van der Waals surface area contributed by atoms with Crippen molar-refractivity contribution >= 4 is 24.2 Å². The van der Waals surface area contributed by atoms with Gasteiger partial charge >= 0.3 is 0 Å². The fourth-order valence-electron chi connectivity index (χ4n) is 1.42. The Morgan fingerprint density at radius 2 is 2.21 bits per heavy atom. The van der Waals surface area contributed by atoms with Crippen molar-refractivity contribution in [2.24, 2.45) is 0 Å². The second-order valence-electron chi connectivity index (χ2n) is 3.37. The Kier molecular flexibility index (Phi) is 2.64. The molecule has 14 heavy (non-hydrogen) atoms. The molecule has 0 aliphatic carbocycles. The number of hydrogen-bond acceptors (Lipinski definition) is 3. The average Bonchev–Trinajstić information content (AvgIpc) is 2.14. The Hall–Kier alpha value is -0.380. The predicted octanol–water partition coefficient (Wildman–Crippen LogP) is 2.50. The first kappa shape index (κ1) is 10.1. The Labute approximate surface area is 93.6 Å². The Morgan fingerprint density at radius 1 is 1.50 bits per heavy atom. The van der Waals surface area contributed by atoms with Crippen molar-refractivity contribution in [3.63, 3.8) is 0 Å². The third-order valence-electron chi connectivity index (χ3n) is 2.37. The zero-order chi connectivity index (χ0) is 10.2. The standard InChI is InChI=1S/C10H11ClO2S/c1-12-9-3-2-7(4-8(9)11)10(14)5-13-6-10/h2-4,14H,5-6H2,1H3. The van der Waals surface area contributed by atoms with Gasteiger partial charge < -0.3 is 9.47 Å². The van der Waals surface area contributed by atoms with Crippen molar-refractivity contribution in [1.29, 1.82) is 0 Å². The summed E-state index contributed by atoms with van der Waals surface area (Å²) < 4.78 is 10.0. The maximum Gasteiger partial charge on any atom is 0.137 e. The van der Waals surface area contributed by atoms with E-state index in [4.69, 9.17) is 21.1 Å². The van der Waals surface area contributed by atoms with Gasteiger partial charge in [0.2, 0.25) is 0 Å². The lowest BCUT2D eigenvalue weighted by Crippen LogP contribution is -2.41. The summed E-state index contributed by atoms with van der Waals surface area (Å²) >= 11 is 10.6. The van der Waals surface area contributed by atoms with Crippen LogP contribution in [0.5, 0.6) is 5.75 Å². The van der Waals surface area contributed by atoms with Gasteiger partial charge in [-0.1, -0.05) is 17.7 Å². The zero-order valence-electron chi connectivity index (χ0n) is 7.79. The van der Waals surface area contributed by atoms with E-state index in [0.717, 1.165) is 5.56 Å². The highest BCUT2D eigenvalue weighted by Crippen LogP contribution is 2.38. The second kappa shape index (κ2) is 3.65. The summed E-state index contributed by atoms with van der Waals surface area (Å²) in [6.45, 7) is 1.28. The van der Waals surface area contributed by atoms with E-state index in [1.165, 1.54) is 0 Å². The maximum atomic E-state index is 6.02. The van der Waals surface area contributed by atoms with Crippen LogP contribution in [0.1, 0.15) is 5.56 Å². The lowest BCUT2D eigenvalue weighted by molar-refractivity contribution is -0.00970. The van der Waals surface area contributed by atoms with E-state index in [0.29, 0.717) is 24.0 Å². The summed E-state index contributed by atoms with van der Waals surface area (Å²) in [5.41, 5.74) is 1.08. The molecule has 76 valence electrons. The topological polar surface area (TPSA) is 18.5 Å². The largest absolute Gasteiger partial charge is 0.495 e. The molecular formula is C10H11ClO2S. The number of ether oxygens (including phenoxy) is 2. The van der Waals surface area contributed by atoms with Crippen LogP contribution in [0.15, 0.2) is 18.2 Å². The highest BCUT2D eigenvalue weighted by atomic mass is 35.5. The van der Waals surface area contributed by atoms with Gasteiger partial charge in [-0.3, -0.25) is 0 Å². The molecule has 0 saturated carbocycles. The maximum absolute atomic E-state index is 6.02. The molecule has 0 bridgehead atoms. The molecule has 0 radical (unpaired) electrons. The fourth-order valence-corrected chi connectivity index (χ4v) is 2.00. The van der Waals surface area contributed by atoms with E-state index in [2.05, 4.69) is 12.6 Å². The number of thiol groups is 1. The van der Waals surface area contributed by atoms with E-state index in [-0.39, 0.29) is 4.75 Å². The van der Waals surface area contributed by atoms with Crippen LogP contribution < -0.4 is 4.74 Å². The number of hydrogen-bond donors (Lipinski definition) is 1. The monoisotopic (exact) mass is 230 g/mol. The van der Waals surface area contributed by atoms with Crippen LogP contribution >= 0.6 is 24.2 Å². The molecule has 1 aromatic rings. The van der Waals surface area contributed by atoms with Gasteiger partial charge in [-0.05, 0) is 17.7 Å². The van der Waals surface area contributed by atoms with Gasteiger partial charge in [0.25, 0.3) is 0 Å². The highest BCUT2D eigenvalue weighted by molar-refractivity contribution is 7.81. The first-order chi connectivity index (χ1) is 6.65. The molecule has 1 saturated heterocycles. The number of methoxy groups -OCH3 is 1. The van der Waals surface area contributed by atoms with E-state index < -0.39 is 0 Å². The predicted molar refractivity (Wildman–Crippen MR) is 59.5 cm³/mol. The van der Waals surface area contributed by atoms with E-state index in [9.17, 15) is 0 Å². The smallest absolute Gasteiger partial charge is 0.137 e. The molecule has 0 unspecified atom stereocenters. The summed E-state index contributed by atoms with van der Waals surface area (Å²) in [7, 11) is 1.60. The van der Waals surface area contributed by atoms with Gasteiger partial charge in [0.05, 0.1) is 30.1 Å². The Balaban J connectivity index is 2.32. The average molecular weight is 231 g/mol. The molecule has 1 aliphatic heterocycles. The van der Waals surface area contributed by atoms with E-state index in [1.54, 1.807) is 7.11 Å². The molecule has 1 aliphatic rings. The van der Waals surface area contributed by atoms with E-state index >= 15 is 0 Å². The minimum absolute atomic E-state index is 0.171. The lowest BCUT2D eigenvalue weighted by atomic mass is 9.96. The third-order valence-corrected chi connectivity index (χ3v) is 3.18. The third kappa shape index (κ3) is 1.60. The quantitative estimate of drug-likeness (QED) is 0.787. The minimum Gasteiger partial charge on any atom is -0.495 e. The van der Waals surface area contributed by atoms with Crippen molar-refractivity contribution in [1.82, 2.24) is 0 Å². The molecule has 1 heterocycles. The molecule has 1 fully saturated rings. The van der Waals surface area contributed by atoms with Crippen LogP contribution in [0.3, 0.4) is 0 Å². The molecular weight excluding hydrogens is 220 g/mol. The molecule has 1 aromatic carbocycles. The molecule has 4 heteroatoms. The second-order valence-corrected chi connectivity index (χ2v) is 4.64. The Morgan fingerprint density at radius 3 is 2.64 bits per heavy atom. The van der Waals surface area contributed by atoms with Crippen LogP contribution in [0.4, 0.5) is 0 Å². The van der Waals surface area contributed by atoms with E-state index in [1.807, 2.05) is 18.2 Å². The van der Waals surface area contributed by atoms with Crippen molar-refractivity contribution in [3.8, 4) is 5.75 Å². The molecule has 0 atom stereocenters. The van der Waals surface area contributed by atoms with Gasteiger partial charge in [-0.2, -0.15) is 12.6 Å². The van der Waals surface area contributed by atoms with Crippen molar-refractivity contribution < 1.29 is 9.47 Å². The summed E-state index contributed by atoms with van der Waals surface area (Å²) in [6, 6.07) is 5.71. The van der Waals surface area contributed by atoms with Crippen molar-refractivity contribution in [3.05, 3.63) is 28.8 Å². The van der Waals surface area contributed by atoms with Crippen LogP contribution in [0.25, 0.3) is 0 Å². The van der Waals surface area contributed by atoms with Crippen LogP contribution in [-0.2, 0) is 9.48 Å². The van der Waals surface area contributed by atoms with Gasteiger partial charge in [0, 0.05) is 0 Å². The first-order valence-corrected chi connectivity index (χ1v) is 5.12. The fraction of sp³-hybridized carbons (Fsp3) is 0.400. The number of rotatable bonds is 2. The highest BCUT2D eigenvalue weighted by Gasteiger charge is 2.36. The van der Waals surface area contributed by atoms with Crippen molar-refractivity contribution in [2.45, 2.75) is 4.75 Å². The molecule has 2 nitrogen and oxygen atoms in total. The summed E-state index contributed by atoms with van der Waals surface area (Å²) in [5.74, 6) is 0.688. The number of halogens is 1. The summed E-state index contributed by atoms with van der Waals surface area (Å²) in [5, 5.41) is 0.616. The Bertz CT molecular complexity index is 350. The van der Waals surface area contributed by atoms with Crippen LogP contribution in [-0.4, -0.2) is 20.3 Å². The van der Waals surface area contributed by atoms with Gasteiger partial charge in [0.1, 0.15) is 5.75 Å². The van der Waals surface area contributed by atoms with Gasteiger partial charge in [-0.25, -0.2) is 0 Å². The zero-order valence-corrected chi connectivity index (χ0v) is 9.44. The van der Waals surface area contributed by atoms with Crippen LogP contribution in [0.2, 0.25) is 5.02 Å². The minimum atomic E-state index is -0.171. The van der Waals surface area contributed by atoms with Gasteiger partial charge in [-0.15, -0.1) is 0 Å². The molecule has 0 N–H and O–H groups in total. The first-order valence-electron chi connectivity index (χ1n) is 4.30. The van der Waals surface area contributed by atoms with Crippen molar-refractivity contribution in [2.75, 3.05) is 20.3 Å². The lowest BCUT2D eigenvalue weighted by Gasteiger charge is -2.37. The number of benzene rings is 1.